The van der Waals surface area contributed by atoms with Crippen molar-refractivity contribution in [2.75, 3.05) is 0 Å². The summed E-state index contributed by atoms with van der Waals surface area (Å²) in [6, 6.07) is 3.88. The Balaban J connectivity index is 2.16. The van der Waals surface area contributed by atoms with E-state index in [2.05, 4.69) is 4.72 Å². The Hall–Kier alpha value is -0.980. The van der Waals surface area contributed by atoms with Crippen LogP contribution < -0.4 is 10.5 Å². The molecule has 1 aromatic rings. The number of hydrogen-bond donors (Lipinski definition) is 2. The van der Waals surface area contributed by atoms with Crippen molar-refractivity contribution in [3.05, 3.63) is 29.6 Å². The summed E-state index contributed by atoms with van der Waals surface area (Å²) in [6.07, 6.45) is 3.87. The molecule has 0 aliphatic heterocycles. The summed E-state index contributed by atoms with van der Waals surface area (Å²) in [6.45, 7) is 2.12. The molecule has 0 spiro atoms. The lowest BCUT2D eigenvalue weighted by Gasteiger charge is -2.17. The zero-order valence-corrected chi connectivity index (χ0v) is 12.4. The smallest absolute Gasteiger partial charge is 0.243 e. The molecule has 0 radical (unpaired) electrons. The first kappa shape index (κ1) is 15.4. The van der Waals surface area contributed by atoms with Gasteiger partial charge in [-0.3, -0.25) is 0 Å². The SMILES string of the molecule is CCC(CC1CC1)NS(=O)(=O)c1ccc(CN)cc1F. The van der Waals surface area contributed by atoms with E-state index < -0.39 is 15.8 Å². The van der Waals surface area contributed by atoms with Crippen molar-refractivity contribution in [1.29, 1.82) is 0 Å². The second-order valence-corrected chi connectivity index (χ2v) is 7.06. The van der Waals surface area contributed by atoms with E-state index in [4.69, 9.17) is 5.73 Å². The van der Waals surface area contributed by atoms with Crippen molar-refractivity contribution < 1.29 is 12.8 Å². The molecule has 0 heterocycles. The second kappa shape index (κ2) is 6.20. The summed E-state index contributed by atoms with van der Waals surface area (Å²) in [5.74, 6) is -0.131. The molecular weight excluding hydrogens is 279 g/mol. The lowest BCUT2D eigenvalue weighted by atomic mass is 10.1. The molecule has 1 fully saturated rings. The Kier molecular flexibility index (Phi) is 4.78. The summed E-state index contributed by atoms with van der Waals surface area (Å²) in [4.78, 5) is -0.302. The van der Waals surface area contributed by atoms with Gasteiger partial charge in [0, 0.05) is 12.6 Å². The highest BCUT2D eigenvalue weighted by Gasteiger charge is 2.28. The van der Waals surface area contributed by atoms with E-state index in [1.807, 2.05) is 6.92 Å². The fraction of sp³-hybridized carbons (Fsp3) is 0.571. The molecule has 1 aromatic carbocycles. The van der Waals surface area contributed by atoms with Gasteiger partial charge in [0.05, 0.1) is 0 Å². The molecule has 20 heavy (non-hydrogen) atoms. The molecule has 2 rings (SSSR count). The Morgan fingerprint density at radius 1 is 1.45 bits per heavy atom. The van der Waals surface area contributed by atoms with Gasteiger partial charge in [0.1, 0.15) is 10.7 Å². The normalized spacial score (nSPS) is 17.1. The van der Waals surface area contributed by atoms with E-state index in [0.29, 0.717) is 17.9 Å². The minimum absolute atomic E-state index is 0.124. The van der Waals surface area contributed by atoms with E-state index in [9.17, 15) is 12.8 Å². The lowest BCUT2D eigenvalue weighted by Crippen LogP contribution is -2.35. The largest absolute Gasteiger partial charge is 0.326 e. The van der Waals surface area contributed by atoms with Crippen molar-refractivity contribution in [2.24, 2.45) is 11.7 Å². The maximum absolute atomic E-state index is 13.9. The van der Waals surface area contributed by atoms with Crippen molar-refractivity contribution in [2.45, 2.75) is 50.1 Å². The number of nitrogens with two attached hydrogens (primary N) is 1. The molecule has 112 valence electrons. The van der Waals surface area contributed by atoms with Crippen LogP contribution in [0.4, 0.5) is 4.39 Å². The molecule has 1 saturated carbocycles. The Bertz CT molecular complexity index is 571. The van der Waals surface area contributed by atoms with Crippen molar-refractivity contribution in [3.63, 3.8) is 0 Å². The van der Waals surface area contributed by atoms with Gasteiger partial charge in [-0.05, 0) is 36.5 Å². The summed E-state index contributed by atoms with van der Waals surface area (Å²) in [5.41, 5.74) is 5.99. The van der Waals surface area contributed by atoms with Crippen LogP contribution in [-0.4, -0.2) is 14.5 Å². The molecule has 0 aromatic heterocycles. The van der Waals surface area contributed by atoms with Crippen molar-refractivity contribution in [1.82, 2.24) is 4.72 Å². The van der Waals surface area contributed by atoms with Gasteiger partial charge in [-0.15, -0.1) is 0 Å². The first-order valence-corrected chi connectivity index (χ1v) is 8.45. The third-order valence-electron chi connectivity index (χ3n) is 3.65. The number of rotatable bonds is 7. The third kappa shape index (κ3) is 3.77. The van der Waals surface area contributed by atoms with E-state index in [1.165, 1.54) is 12.1 Å². The number of halogens is 1. The fourth-order valence-corrected chi connectivity index (χ4v) is 3.62. The first-order valence-electron chi connectivity index (χ1n) is 6.97. The molecule has 1 unspecified atom stereocenters. The average molecular weight is 300 g/mol. The van der Waals surface area contributed by atoms with E-state index in [0.717, 1.165) is 19.3 Å². The Morgan fingerprint density at radius 2 is 2.15 bits per heavy atom. The minimum Gasteiger partial charge on any atom is -0.326 e. The van der Waals surface area contributed by atoms with Crippen LogP contribution in [0.15, 0.2) is 23.1 Å². The van der Waals surface area contributed by atoms with Crippen LogP contribution in [0.25, 0.3) is 0 Å². The average Bonchev–Trinajstić information content (AvgIpc) is 3.21. The highest BCUT2D eigenvalue weighted by Crippen LogP contribution is 2.34. The summed E-state index contributed by atoms with van der Waals surface area (Å²) in [7, 11) is -3.81. The molecule has 0 amide bonds. The Labute approximate surface area is 119 Å². The summed E-state index contributed by atoms with van der Waals surface area (Å²) in [5, 5.41) is 0. The summed E-state index contributed by atoms with van der Waals surface area (Å²) >= 11 is 0. The minimum atomic E-state index is -3.81. The van der Waals surface area contributed by atoms with Crippen LogP contribution in [0.2, 0.25) is 0 Å². The Morgan fingerprint density at radius 3 is 2.65 bits per heavy atom. The molecule has 1 atom stereocenters. The van der Waals surface area contributed by atoms with Gasteiger partial charge in [0.2, 0.25) is 10.0 Å². The van der Waals surface area contributed by atoms with Crippen LogP contribution >= 0.6 is 0 Å². The van der Waals surface area contributed by atoms with Gasteiger partial charge in [0.25, 0.3) is 0 Å². The van der Waals surface area contributed by atoms with E-state index >= 15 is 0 Å². The van der Waals surface area contributed by atoms with Gasteiger partial charge < -0.3 is 5.73 Å². The first-order chi connectivity index (χ1) is 9.46. The zero-order chi connectivity index (χ0) is 14.8. The van der Waals surface area contributed by atoms with Crippen LogP contribution in [0.5, 0.6) is 0 Å². The topological polar surface area (TPSA) is 72.2 Å². The predicted octanol–water partition coefficient (Wildman–Crippen LogP) is 2.14. The van der Waals surface area contributed by atoms with Crippen LogP contribution in [0.1, 0.15) is 38.2 Å². The van der Waals surface area contributed by atoms with Gasteiger partial charge in [-0.1, -0.05) is 25.8 Å². The molecule has 3 N–H and O–H groups in total. The van der Waals surface area contributed by atoms with Crippen molar-refractivity contribution in [3.8, 4) is 0 Å². The quantitative estimate of drug-likeness (QED) is 0.810. The maximum Gasteiger partial charge on any atom is 0.243 e. The number of nitrogens with one attached hydrogen (secondary N) is 1. The molecule has 4 nitrogen and oxygen atoms in total. The van der Waals surface area contributed by atoms with Crippen molar-refractivity contribution >= 4 is 10.0 Å². The highest BCUT2D eigenvalue weighted by molar-refractivity contribution is 7.89. The summed E-state index contributed by atoms with van der Waals surface area (Å²) < 4.78 is 41.0. The lowest BCUT2D eigenvalue weighted by molar-refractivity contribution is 0.490. The molecule has 0 saturated heterocycles. The number of hydrogen-bond acceptors (Lipinski definition) is 3. The molecule has 1 aliphatic rings. The second-order valence-electron chi connectivity index (χ2n) is 5.37. The van der Waals surface area contributed by atoms with Crippen LogP contribution in [0.3, 0.4) is 0 Å². The molecular formula is C14H21FN2O2S. The maximum atomic E-state index is 13.9. The highest BCUT2D eigenvalue weighted by atomic mass is 32.2. The zero-order valence-electron chi connectivity index (χ0n) is 11.6. The standard InChI is InChI=1S/C14H21FN2O2S/c1-2-12(7-10-3-4-10)17-20(18,19)14-6-5-11(9-16)8-13(14)15/h5-6,8,10,12,17H,2-4,7,9,16H2,1H3. The third-order valence-corrected chi connectivity index (χ3v) is 5.20. The van der Waals surface area contributed by atoms with Crippen LogP contribution in [0, 0.1) is 11.7 Å². The molecule has 0 bridgehead atoms. The monoisotopic (exact) mass is 300 g/mol. The van der Waals surface area contributed by atoms with E-state index in [-0.39, 0.29) is 17.5 Å². The number of benzene rings is 1. The molecule has 6 heteroatoms. The van der Waals surface area contributed by atoms with Gasteiger partial charge in [-0.2, -0.15) is 0 Å². The molecule has 1 aliphatic carbocycles. The van der Waals surface area contributed by atoms with Gasteiger partial charge in [-0.25, -0.2) is 17.5 Å². The van der Waals surface area contributed by atoms with E-state index in [1.54, 1.807) is 6.07 Å². The van der Waals surface area contributed by atoms with Gasteiger partial charge in [0.15, 0.2) is 0 Å². The van der Waals surface area contributed by atoms with Gasteiger partial charge >= 0.3 is 0 Å². The predicted molar refractivity (Wildman–Crippen MR) is 76.0 cm³/mol. The van der Waals surface area contributed by atoms with Crippen LogP contribution in [-0.2, 0) is 16.6 Å². The fourth-order valence-electron chi connectivity index (χ4n) is 2.23. The number of sulfonamides is 1.